The van der Waals surface area contributed by atoms with Gasteiger partial charge in [0.1, 0.15) is 11.5 Å². The summed E-state index contributed by atoms with van der Waals surface area (Å²) < 4.78 is 0. The number of nitrogens with one attached hydrogen (secondary N) is 1. The lowest BCUT2D eigenvalue weighted by Crippen LogP contribution is -2.25. The summed E-state index contributed by atoms with van der Waals surface area (Å²) >= 11 is 5.71. The summed E-state index contributed by atoms with van der Waals surface area (Å²) in [6, 6.07) is 11.1. The first-order chi connectivity index (χ1) is 9.56. The van der Waals surface area contributed by atoms with Gasteiger partial charge >= 0.3 is 0 Å². The van der Waals surface area contributed by atoms with Crippen LogP contribution in [0, 0.1) is 0 Å². The third-order valence-corrected chi connectivity index (χ3v) is 3.08. The number of carbonyl (C=O) groups is 1. The largest absolute Gasteiger partial charge is 0.508 e. The monoisotopic (exact) mass is 291 g/mol. The third kappa shape index (κ3) is 3.65. The van der Waals surface area contributed by atoms with Gasteiger partial charge in [-0.3, -0.25) is 4.79 Å². The smallest absolute Gasteiger partial charge is 0.255 e. The second kappa shape index (κ2) is 6.30. The van der Waals surface area contributed by atoms with Gasteiger partial charge in [-0.15, -0.1) is 0 Å². The van der Waals surface area contributed by atoms with Crippen molar-refractivity contribution in [2.45, 2.75) is 6.42 Å². The van der Waals surface area contributed by atoms with Crippen LogP contribution in [0.15, 0.2) is 42.5 Å². The molecule has 4 nitrogen and oxygen atoms in total. The van der Waals surface area contributed by atoms with Gasteiger partial charge in [0, 0.05) is 11.6 Å². The molecule has 104 valence electrons. The van der Waals surface area contributed by atoms with Gasteiger partial charge < -0.3 is 15.5 Å². The Morgan fingerprint density at radius 1 is 1.10 bits per heavy atom. The van der Waals surface area contributed by atoms with E-state index in [-0.39, 0.29) is 23.0 Å². The molecule has 2 aromatic rings. The predicted molar refractivity (Wildman–Crippen MR) is 77.3 cm³/mol. The zero-order valence-corrected chi connectivity index (χ0v) is 11.4. The Hall–Kier alpha value is -2.20. The minimum atomic E-state index is -0.349. The summed E-state index contributed by atoms with van der Waals surface area (Å²) in [5.41, 5.74) is 1.20. The Morgan fingerprint density at radius 2 is 1.80 bits per heavy atom. The van der Waals surface area contributed by atoms with Crippen molar-refractivity contribution < 1.29 is 15.0 Å². The minimum Gasteiger partial charge on any atom is -0.508 e. The van der Waals surface area contributed by atoms with Crippen molar-refractivity contribution in [3.05, 3.63) is 58.6 Å². The van der Waals surface area contributed by atoms with Gasteiger partial charge in [0.25, 0.3) is 5.91 Å². The van der Waals surface area contributed by atoms with Crippen LogP contribution in [0.5, 0.6) is 11.5 Å². The summed E-state index contributed by atoms with van der Waals surface area (Å²) in [4.78, 5) is 11.9. The van der Waals surface area contributed by atoms with Crippen LogP contribution >= 0.6 is 11.6 Å². The lowest BCUT2D eigenvalue weighted by molar-refractivity contribution is 0.0951. The Labute approximate surface area is 121 Å². The van der Waals surface area contributed by atoms with Crippen molar-refractivity contribution in [2.75, 3.05) is 6.54 Å². The molecular formula is C15H14ClNO3. The van der Waals surface area contributed by atoms with E-state index in [9.17, 15) is 9.90 Å². The van der Waals surface area contributed by atoms with Crippen LogP contribution in [0.1, 0.15) is 15.9 Å². The maximum absolute atomic E-state index is 11.9. The average Bonchev–Trinajstić information content (AvgIpc) is 2.41. The highest BCUT2D eigenvalue weighted by Crippen LogP contribution is 2.21. The molecule has 0 aliphatic rings. The summed E-state index contributed by atoms with van der Waals surface area (Å²) in [6.45, 7) is 0.436. The van der Waals surface area contributed by atoms with E-state index in [1.807, 2.05) is 0 Å². The SMILES string of the molecule is O=C(NCCc1ccc(O)cc1)c1ccc(Cl)cc1O. The van der Waals surface area contributed by atoms with Gasteiger partial charge in [0.15, 0.2) is 0 Å². The molecule has 5 heteroatoms. The van der Waals surface area contributed by atoms with Crippen molar-refractivity contribution >= 4 is 17.5 Å². The molecule has 1 amide bonds. The van der Waals surface area contributed by atoms with Crippen LogP contribution in [0.25, 0.3) is 0 Å². The Balaban J connectivity index is 1.90. The van der Waals surface area contributed by atoms with Gasteiger partial charge in [0.2, 0.25) is 0 Å². The summed E-state index contributed by atoms with van der Waals surface area (Å²) in [5.74, 6) is -0.276. The predicted octanol–water partition coefficient (Wildman–Crippen LogP) is 2.72. The highest BCUT2D eigenvalue weighted by atomic mass is 35.5. The Bertz CT molecular complexity index is 611. The van der Waals surface area contributed by atoms with E-state index in [0.717, 1.165) is 5.56 Å². The number of halogens is 1. The molecule has 0 aromatic heterocycles. The molecule has 0 unspecified atom stereocenters. The van der Waals surface area contributed by atoms with E-state index < -0.39 is 0 Å². The van der Waals surface area contributed by atoms with E-state index in [1.54, 1.807) is 30.3 Å². The van der Waals surface area contributed by atoms with Crippen LogP contribution in [0.2, 0.25) is 5.02 Å². The molecule has 0 aliphatic heterocycles. The standard InChI is InChI=1S/C15H14ClNO3/c16-11-3-6-13(14(19)9-11)15(20)17-8-7-10-1-4-12(18)5-2-10/h1-6,9,18-19H,7-8H2,(H,17,20). The second-order valence-electron chi connectivity index (χ2n) is 4.33. The van der Waals surface area contributed by atoms with Gasteiger partial charge in [0.05, 0.1) is 5.56 Å². The second-order valence-corrected chi connectivity index (χ2v) is 4.77. The van der Waals surface area contributed by atoms with Gasteiger partial charge in [-0.1, -0.05) is 23.7 Å². The van der Waals surface area contributed by atoms with E-state index in [2.05, 4.69) is 5.32 Å². The minimum absolute atomic E-state index is 0.139. The van der Waals surface area contributed by atoms with Gasteiger partial charge in [-0.2, -0.15) is 0 Å². The first-order valence-corrected chi connectivity index (χ1v) is 6.48. The van der Waals surface area contributed by atoms with E-state index in [4.69, 9.17) is 16.7 Å². The number of carbonyl (C=O) groups excluding carboxylic acids is 1. The summed E-state index contributed by atoms with van der Waals surface area (Å²) in [6.07, 6.45) is 0.639. The number of amides is 1. The van der Waals surface area contributed by atoms with Crippen LogP contribution in [0.3, 0.4) is 0 Å². The fraction of sp³-hybridized carbons (Fsp3) is 0.133. The highest BCUT2D eigenvalue weighted by Gasteiger charge is 2.10. The maximum Gasteiger partial charge on any atom is 0.255 e. The van der Waals surface area contributed by atoms with Crippen molar-refractivity contribution in [3.8, 4) is 11.5 Å². The molecule has 0 radical (unpaired) electrons. The molecule has 0 bridgehead atoms. The maximum atomic E-state index is 11.9. The molecule has 0 aliphatic carbocycles. The molecule has 0 atom stereocenters. The van der Waals surface area contributed by atoms with Crippen LogP contribution in [0.4, 0.5) is 0 Å². The fourth-order valence-corrected chi connectivity index (χ4v) is 1.94. The zero-order valence-electron chi connectivity index (χ0n) is 10.6. The van der Waals surface area contributed by atoms with E-state index in [1.165, 1.54) is 12.1 Å². The number of hydrogen-bond acceptors (Lipinski definition) is 3. The summed E-state index contributed by atoms with van der Waals surface area (Å²) in [5, 5.41) is 21.9. The first kappa shape index (κ1) is 14.2. The number of phenols is 2. The number of hydrogen-bond donors (Lipinski definition) is 3. The van der Waals surface area contributed by atoms with Crippen LogP contribution in [-0.4, -0.2) is 22.7 Å². The lowest BCUT2D eigenvalue weighted by atomic mass is 10.1. The number of phenolic OH excluding ortho intramolecular Hbond substituents is 2. The highest BCUT2D eigenvalue weighted by molar-refractivity contribution is 6.30. The van der Waals surface area contributed by atoms with E-state index >= 15 is 0 Å². The van der Waals surface area contributed by atoms with Crippen LogP contribution in [-0.2, 0) is 6.42 Å². The van der Waals surface area contributed by atoms with Crippen molar-refractivity contribution in [3.63, 3.8) is 0 Å². The Kier molecular flexibility index (Phi) is 4.48. The number of rotatable bonds is 4. The van der Waals surface area contributed by atoms with E-state index in [0.29, 0.717) is 18.0 Å². The van der Waals surface area contributed by atoms with Crippen molar-refractivity contribution in [1.29, 1.82) is 0 Å². The molecule has 3 N–H and O–H groups in total. The molecule has 2 rings (SSSR count). The lowest BCUT2D eigenvalue weighted by Gasteiger charge is -2.07. The van der Waals surface area contributed by atoms with Gasteiger partial charge in [-0.05, 0) is 42.3 Å². The zero-order chi connectivity index (χ0) is 14.5. The molecular weight excluding hydrogens is 278 g/mol. The Morgan fingerprint density at radius 3 is 2.45 bits per heavy atom. The average molecular weight is 292 g/mol. The molecule has 20 heavy (non-hydrogen) atoms. The molecule has 0 spiro atoms. The van der Waals surface area contributed by atoms with Crippen LogP contribution < -0.4 is 5.32 Å². The molecule has 0 heterocycles. The molecule has 2 aromatic carbocycles. The third-order valence-electron chi connectivity index (χ3n) is 2.84. The van der Waals surface area contributed by atoms with Crippen molar-refractivity contribution in [1.82, 2.24) is 5.32 Å². The topological polar surface area (TPSA) is 69.6 Å². The first-order valence-electron chi connectivity index (χ1n) is 6.11. The molecule has 0 saturated carbocycles. The molecule has 0 saturated heterocycles. The molecule has 0 fully saturated rings. The summed E-state index contributed by atoms with van der Waals surface area (Å²) in [7, 11) is 0. The van der Waals surface area contributed by atoms with Gasteiger partial charge in [-0.25, -0.2) is 0 Å². The quantitative estimate of drug-likeness (QED) is 0.811. The van der Waals surface area contributed by atoms with Crippen molar-refractivity contribution in [2.24, 2.45) is 0 Å². The normalized spacial score (nSPS) is 10.2. The number of benzene rings is 2. The number of aromatic hydroxyl groups is 2. The fourth-order valence-electron chi connectivity index (χ4n) is 1.78.